The van der Waals surface area contributed by atoms with Crippen molar-refractivity contribution in [1.82, 2.24) is 0 Å². The lowest BCUT2D eigenvalue weighted by atomic mass is 10.2. The summed E-state index contributed by atoms with van der Waals surface area (Å²) in [5.41, 5.74) is 0. The van der Waals surface area contributed by atoms with Crippen LogP contribution < -0.4 is 0 Å². The van der Waals surface area contributed by atoms with Gasteiger partial charge in [0.2, 0.25) is 0 Å². The van der Waals surface area contributed by atoms with E-state index in [4.69, 9.17) is 9.47 Å². The molecule has 0 aromatic carbocycles. The van der Waals surface area contributed by atoms with Crippen molar-refractivity contribution < 1.29 is 14.3 Å². The molecule has 0 bridgehead atoms. The van der Waals surface area contributed by atoms with Crippen molar-refractivity contribution in [1.29, 1.82) is 0 Å². The molecule has 0 amide bonds. The van der Waals surface area contributed by atoms with Crippen LogP contribution in [0, 0.1) is 6.92 Å². The van der Waals surface area contributed by atoms with Crippen LogP contribution in [0.4, 0.5) is 0 Å². The fourth-order valence-electron chi connectivity index (χ4n) is 1.48. The van der Waals surface area contributed by atoms with Crippen molar-refractivity contribution in [2.24, 2.45) is 0 Å². The zero-order valence-electron chi connectivity index (χ0n) is 8.67. The molecule has 3 heteroatoms. The number of carbonyl (C=O) groups excluding carboxylic acids is 1. The number of hydrogen-bond donors (Lipinski definition) is 0. The maximum atomic E-state index is 11.2. The van der Waals surface area contributed by atoms with Crippen molar-refractivity contribution in [2.75, 3.05) is 13.2 Å². The molecule has 1 fully saturated rings. The van der Waals surface area contributed by atoms with E-state index in [2.05, 4.69) is 6.92 Å². The molecule has 1 rings (SSSR count). The molecule has 0 aromatic rings. The van der Waals surface area contributed by atoms with E-state index in [1.807, 2.05) is 0 Å². The summed E-state index contributed by atoms with van der Waals surface area (Å²) in [6.45, 7) is 4.96. The number of rotatable bonds is 6. The monoisotopic (exact) mass is 199 g/mol. The maximum absolute atomic E-state index is 11.2. The molecule has 0 aliphatic carbocycles. The number of hydrogen-bond acceptors (Lipinski definition) is 3. The highest BCUT2D eigenvalue weighted by Gasteiger charge is 2.17. The quantitative estimate of drug-likeness (QED) is 0.485. The molecule has 1 saturated heterocycles. The summed E-state index contributed by atoms with van der Waals surface area (Å²) in [6.07, 6.45) is 5.53. The van der Waals surface area contributed by atoms with Crippen molar-refractivity contribution in [2.45, 2.75) is 44.6 Å². The highest BCUT2D eigenvalue weighted by molar-refractivity contribution is 5.69. The van der Waals surface area contributed by atoms with Crippen LogP contribution in [0.2, 0.25) is 0 Å². The topological polar surface area (TPSA) is 35.5 Å². The second-order valence-corrected chi connectivity index (χ2v) is 3.63. The third-order valence-electron chi connectivity index (χ3n) is 2.34. The molecule has 1 aliphatic heterocycles. The molecule has 0 N–H and O–H groups in total. The first-order chi connectivity index (χ1) is 6.83. The van der Waals surface area contributed by atoms with Crippen molar-refractivity contribution in [3.05, 3.63) is 6.92 Å². The van der Waals surface area contributed by atoms with E-state index in [1.165, 1.54) is 0 Å². The van der Waals surface area contributed by atoms with Crippen LogP contribution in [0.5, 0.6) is 0 Å². The van der Waals surface area contributed by atoms with Crippen LogP contribution in [-0.2, 0) is 14.3 Å². The molecule has 0 aromatic heterocycles. The summed E-state index contributed by atoms with van der Waals surface area (Å²) in [5, 5.41) is 0. The van der Waals surface area contributed by atoms with Gasteiger partial charge in [-0.05, 0) is 19.3 Å². The van der Waals surface area contributed by atoms with Crippen LogP contribution in [-0.4, -0.2) is 25.3 Å². The van der Waals surface area contributed by atoms with Gasteiger partial charge in [-0.2, -0.15) is 0 Å². The highest BCUT2D eigenvalue weighted by Crippen LogP contribution is 2.12. The first-order valence-electron chi connectivity index (χ1n) is 5.39. The van der Waals surface area contributed by atoms with Gasteiger partial charge in [0.05, 0.1) is 6.10 Å². The molecule has 14 heavy (non-hydrogen) atoms. The Kier molecular flexibility index (Phi) is 5.60. The van der Waals surface area contributed by atoms with E-state index < -0.39 is 0 Å². The first-order valence-corrected chi connectivity index (χ1v) is 5.39. The van der Waals surface area contributed by atoms with E-state index in [9.17, 15) is 4.79 Å². The van der Waals surface area contributed by atoms with Gasteiger partial charge in [-0.15, -0.1) is 0 Å². The van der Waals surface area contributed by atoms with E-state index in [-0.39, 0.29) is 12.1 Å². The molecule has 1 heterocycles. The fourth-order valence-corrected chi connectivity index (χ4v) is 1.48. The lowest BCUT2D eigenvalue weighted by molar-refractivity contribution is -0.147. The molecule has 81 valence electrons. The SMILES string of the molecule is [CH2]CCCCC(=O)OCC1CCCO1. The first kappa shape index (κ1) is 11.5. The van der Waals surface area contributed by atoms with E-state index in [0.717, 1.165) is 38.7 Å². The molecule has 1 unspecified atom stereocenters. The van der Waals surface area contributed by atoms with Crippen LogP contribution in [0.3, 0.4) is 0 Å². The van der Waals surface area contributed by atoms with E-state index in [0.29, 0.717) is 13.0 Å². The zero-order chi connectivity index (χ0) is 10.2. The molecule has 1 radical (unpaired) electrons. The average Bonchev–Trinajstić information content (AvgIpc) is 2.68. The standard InChI is InChI=1S/C11H19O3/c1-2-3-4-7-11(12)14-9-10-6-5-8-13-10/h10H,1-9H2. The lowest BCUT2D eigenvalue weighted by Gasteiger charge is -2.09. The normalized spacial score (nSPS) is 21.1. The Morgan fingerprint density at radius 2 is 2.36 bits per heavy atom. The Hall–Kier alpha value is -0.570. The Labute approximate surface area is 85.8 Å². The minimum Gasteiger partial charge on any atom is -0.463 e. The van der Waals surface area contributed by atoms with Crippen LogP contribution >= 0.6 is 0 Å². The molecular weight excluding hydrogens is 180 g/mol. The summed E-state index contributed by atoms with van der Waals surface area (Å²) >= 11 is 0. The highest BCUT2D eigenvalue weighted by atomic mass is 16.6. The second-order valence-electron chi connectivity index (χ2n) is 3.63. The summed E-state index contributed by atoms with van der Waals surface area (Å²) in [6, 6.07) is 0. The predicted molar refractivity (Wildman–Crippen MR) is 53.8 cm³/mol. The Bertz CT molecular complexity index is 162. The summed E-state index contributed by atoms with van der Waals surface area (Å²) in [4.78, 5) is 11.2. The van der Waals surface area contributed by atoms with Gasteiger partial charge in [-0.3, -0.25) is 4.79 Å². The lowest BCUT2D eigenvalue weighted by Crippen LogP contribution is -2.17. The van der Waals surface area contributed by atoms with Crippen LogP contribution in [0.15, 0.2) is 0 Å². The Balaban J connectivity index is 1.96. The summed E-state index contributed by atoms with van der Waals surface area (Å²) in [7, 11) is 0. The minimum atomic E-state index is -0.103. The van der Waals surface area contributed by atoms with Gasteiger partial charge < -0.3 is 9.47 Å². The zero-order valence-corrected chi connectivity index (χ0v) is 8.67. The maximum Gasteiger partial charge on any atom is 0.305 e. The van der Waals surface area contributed by atoms with Crippen molar-refractivity contribution >= 4 is 5.97 Å². The smallest absolute Gasteiger partial charge is 0.305 e. The third kappa shape index (κ3) is 4.61. The number of unbranched alkanes of at least 4 members (excludes halogenated alkanes) is 2. The number of carbonyl (C=O) groups is 1. The molecule has 1 atom stereocenters. The molecular formula is C11H19O3. The molecule has 0 spiro atoms. The predicted octanol–water partition coefficient (Wildman–Crippen LogP) is 2.10. The van der Waals surface area contributed by atoms with Crippen LogP contribution in [0.1, 0.15) is 38.5 Å². The van der Waals surface area contributed by atoms with Gasteiger partial charge in [0.1, 0.15) is 6.61 Å². The fraction of sp³-hybridized carbons (Fsp3) is 0.818. The van der Waals surface area contributed by atoms with Gasteiger partial charge in [0.25, 0.3) is 0 Å². The Morgan fingerprint density at radius 3 is 3.00 bits per heavy atom. The van der Waals surface area contributed by atoms with E-state index in [1.54, 1.807) is 0 Å². The van der Waals surface area contributed by atoms with Gasteiger partial charge in [0, 0.05) is 13.0 Å². The van der Waals surface area contributed by atoms with Gasteiger partial charge in [0.15, 0.2) is 0 Å². The van der Waals surface area contributed by atoms with E-state index >= 15 is 0 Å². The average molecular weight is 199 g/mol. The van der Waals surface area contributed by atoms with Gasteiger partial charge in [-0.25, -0.2) is 0 Å². The number of esters is 1. The third-order valence-corrected chi connectivity index (χ3v) is 2.34. The molecule has 0 saturated carbocycles. The number of ether oxygens (including phenoxy) is 2. The van der Waals surface area contributed by atoms with Crippen LogP contribution in [0.25, 0.3) is 0 Å². The molecule has 3 nitrogen and oxygen atoms in total. The van der Waals surface area contributed by atoms with Crippen molar-refractivity contribution in [3.8, 4) is 0 Å². The van der Waals surface area contributed by atoms with Gasteiger partial charge in [-0.1, -0.05) is 19.8 Å². The second kappa shape index (κ2) is 6.82. The molecule has 1 aliphatic rings. The largest absolute Gasteiger partial charge is 0.463 e. The summed E-state index contributed by atoms with van der Waals surface area (Å²) in [5.74, 6) is -0.103. The van der Waals surface area contributed by atoms with Crippen molar-refractivity contribution in [3.63, 3.8) is 0 Å². The minimum absolute atomic E-state index is 0.103. The Morgan fingerprint density at radius 1 is 1.50 bits per heavy atom. The summed E-state index contributed by atoms with van der Waals surface area (Å²) < 4.78 is 10.4. The van der Waals surface area contributed by atoms with Gasteiger partial charge >= 0.3 is 5.97 Å².